The summed E-state index contributed by atoms with van der Waals surface area (Å²) in [6.45, 7) is 4.20. The van der Waals surface area contributed by atoms with Crippen LogP contribution in [0, 0.1) is 0 Å². The van der Waals surface area contributed by atoms with E-state index in [0.717, 1.165) is 0 Å². The van der Waals surface area contributed by atoms with E-state index in [1.54, 1.807) is 0 Å². The van der Waals surface area contributed by atoms with Gasteiger partial charge in [0.05, 0.1) is 18.1 Å². The van der Waals surface area contributed by atoms with Gasteiger partial charge >= 0.3 is 5.97 Å². The molecule has 0 saturated carbocycles. The van der Waals surface area contributed by atoms with Gasteiger partial charge in [0.1, 0.15) is 6.61 Å². The predicted octanol–water partition coefficient (Wildman–Crippen LogP) is -0.487. The Morgan fingerprint density at radius 2 is 2.00 bits per heavy atom. The summed E-state index contributed by atoms with van der Waals surface area (Å²) in [6, 6.07) is 0. The molecular weight excluding hydrogens is 208 g/mol. The molecule has 14 heavy (non-hydrogen) atoms. The average molecular weight is 222 g/mol. The first-order valence-corrected chi connectivity index (χ1v) is 5.85. The summed E-state index contributed by atoms with van der Waals surface area (Å²) < 4.78 is 26.6. The molecule has 0 radical (unpaired) electrons. The van der Waals surface area contributed by atoms with E-state index in [2.05, 4.69) is 11.3 Å². The second kappa shape index (κ2) is 5.77. The van der Waals surface area contributed by atoms with Crippen molar-refractivity contribution in [1.82, 2.24) is 0 Å². The lowest BCUT2D eigenvalue weighted by Gasteiger charge is -2.04. The number of aliphatic hydroxyl groups excluding tert-OH is 1. The molecule has 0 fully saturated rings. The second-order valence-corrected chi connectivity index (χ2v) is 5.10. The van der Waals surface area contributed by atoms with Crippen molar-refractivity contribution in [3.05, 3.63) is 12.2 Å². The van der Waals surface area contributed by atoms with Crippen molar-refractivity contribution in [3.63, 3.8) is 0 Å². The van der Waals surface area contributed by atoms with Gasteiger partial charge in [0, 0.05) is 5.57 Å². The molecule has 0 aliphatic rings. The minimum absolute atomic E-state index is 0.200. The fraction of sp³-hybridized carbons (Fsp3) is 0.625. The van der Waals surface area contributed by atoms with E-state index in [1.807, 2.05) is 0 Å². The minimum Gasteiger partial charge on any atom is -0.461 e. The first-order chi connectivity index (χ1) is 6.39. The molecule has 0 aromatic heterocycles. The normalized spacial score (nSPS) is 11.0. The van der Waals surface area contributed by atoms with Gasteiger partial charge in [-0.25, -0.2) is 13.2 Å². The Labute approximate surface area is 83.3 Å². The quantitative estimate of drug-likeness (QED) is 0.484. The highest BCUT2D eigenvalue weighted by molar-refractivity contribution is 7.91. The number of esters is 1. The number of carbonyl (C=O) groups excluding carboxylic acids is 1. The number of ether oxygens (including phenoxy) is 1. The van der Waals surface area contributed by atoms with Gasteiger partial charge in [0.2, 0.25) is 0 Å². The molecule has 0 aromatic carbocycles. The summed E-state index contributed by atoms with van der Waals surface area (Å²) >= 11 is 0. The average Bonchev–Trinajstić information content (AvgIpc) is 2.03. The lowest BCUT2D eigenvalue weighted by Crippen LogP contribution is -2.19. The topological polar surface area (TPSA) is 80.7 Å². The van der Waals surface area contributed by atoms with Crippen LogP contribution in [0.25, 0.3) is 0 Å². The largest absolute Gasteiger partial charge is 0.461 e. The van der Waals surface area contributed by atoms with Crippen LogP contribution in [0.2, 0.25) is 0 Å². The highest BCUT2D eigenvalue weighted by atomic mass is 32.2. The van der Waals surface area contributed by atoms with Crippen molar-refractivity contribution in [2.24, 2.45) is 0 Å². The Morgan fingerprint density at radius 1 is 1.43 bits per heavy atom. The molecule has 0 spiro atoms. The van der Waals surface area contributed by atoms with Crippen molar-refractivity contribution in [2.45, 2.75) is 6.92 Å². The molecule has 0 saturated heterocycles. The van der Waals surface area contributed by atoms with Crippen LogP contribution >= 0.6 is 0 Å². The first-order valence-electron chi connectivity index (χ1n) is 4.03. The van der Waals surface area contributed by atoms with Crippen molar-refractivity contribution in [3.8, 4) is 0 Å². The van der Waals surface area contributed by atoms with Gasteiger partial charge < -0.3 is 9.84 Å². The van der Waals surface area contributed by atoms with E-state index in [1.165, 1.54) is 6.92 Å². The molecule has 0 amide bonds. The summed E-state index contributed by atoms with van der Waals surface area (Å²) in [5.74, 6) is -1.19. The van der Waals surface area contributed by atoms with E-state index < -0.39 is 22.4 Å². The number of sulfone groups is 1. The van der Waals surface area contributed by atoms with Gasteiger partial charge in [-0.3, -0.25) is 0 Å². The van der Waals surface area contributed by atoms with E-state index in [9.17, 15) is 13.2 Å². The molecule has 0 rings (SSSR count). The van der Waals surface area contributed by atoms with Crippen molar-refractivity contribution in [1.29, 1.82) is 0 Å². The van der Waals surface area contributed by atoms with Crippen molar-refractivity contribution >= 4 is 15.8 Å². The molecule has 0 unspecified atom stereocenters. The lowest BCUT2D eigenvalue weighted by atomic mass is 10.4. The summed E-state index contributed by atoms with van der Waals surface area (Å²) in [7, 11) is -3.31. The van der Waals surface area contributed by atoms with Crippen LogP contribution in [-0.2, 0) is 19.4 Å². The first kappa shape index (κ1) is 13.1. The van der Waals surface area contributed by atoms with E-state index >= 15 is 0 Å². The zero-order valence-corrected chi connectivity index (χ0v) is 8.84. The summed E-state index contributed by atoms with van der Waals surface area (Å²) in [6.07, 6.45) is 0. The third-order valence-corrected chi connectivity index (χ3v) is 2.97. The fourth-order valence-corrected chi connectivity index (χ4v) is 1.45. The zero-order chi connectivity index (χ0) is 11.2. The Morgan fingerprint density at radius 3 is 2.43 bits per heavy atom. The molecule has 0 bridgehead atoms. The van der Waals surface area contributed by atoms with Gasteiger partial charge in [-0.2, -0.15) is 0 Å². The monoisotopic (exact) mass is 222 g/mol. The maximum Gasteiger partial charge on any atom is 0.333 e. The minimum atomic E-state index is -3.31. The fourth-order valence-electron chi connectivity index (χ4n) is 0.626. The number of hydrogen-bond donors (Lipinski definition) is 1. The number of hydrogen-bond acceptors (Lipinski definition) is 5. The maximum absolute atomic E-state index is 11.0. The van der Waals surface area contributed by atoms with Crippen LogP contribution in [0.4, 0.5) is 0 Å². The van der Waals surface area contributed by atoms with Crippen LogP contribution in [0.3, 0.4) is 0 Å². The smallest absolute Gasteiger partial charge is 0.333 e. The molecule has 0 atom stereocenters. The highest BCUT2D eigenvalue weighted by Gasteiger charge is 2.11. The maximum atomic E-state index is 11.0. The van der Waals surface area contributed by atoms with Gasteiger partial charge in [-0.1, -0.05) is 6.58 Å². The Balaban J connectivity index is 3.86. The summed E-state index contributed by atoms with van der Waals surface area (Å²) in [4.78, 5) is 10.8. The third kappa shape index (κ3) is 5.71. The molecule has 1 N–H and O–H groups in total. The Kier molecular flexibility index (Phi) is 5.40. The van der Waals surface area contributed by atoms with Crippen LogP contribution in [0.5, 0.6) is 0 Å². The van der Waals surface area contributed by atoms with E-state index in [4.69, 9.17) is 5.11 Å². The number of rotatable bonds is 6. The second-order valence-electron chi connectivity index (χ2n) is 2.79. The van der Waals surface area contributed by atoms with Crippen LogP contribution < -0.4 is 0 Å². The van der Waals surface area contributed by atoms with Gasteiger partial charge in [-0.05, 0) is 6.92 Å². The van der Waals surface area contributed by atoms with Crippen LogP contribution in [0.15, 0.2) is 12.2 Å². The molecular formula is C8H14O5S. The van der Waals surface area contributed by atoms with E-state index in [0.29, 0.717) is 0 Å². The third-order valence-electron chi connectivity index (χ3n) is 1.38. The molecule has 6 heteroatoms. The summed E-state index contributed by atoms with van der Waals surface area (Å²) in [5, 5.41) is 8.40. The van der Waals surface area contributed by atoms with Crippen molar-refractivity contribution in [2.75, 3.05) is 24.7 Å². The van der Waals surface area contributed by atoms with Gasteiger partial charge in [-0.15, -0.1) is 0 Å². The highest BCUT2D eigenvalue weighted by Crippen LogP contribution is 1.94. The summed E-state index contributed by atoms with van der Waals surface area (Å²) in [5.41, 5.74) is 0.226. The standard InChI is InChI=1S/C8H14O5S/c1-7(2)8(10)13-4-6-14(11,12)5-3-9/h9H,1,3-6H2,2H3. The number of aliphatic hydroxyl groups is 1. The molecule has 0 aromatic rings. The van der Waals surface area contributed by atoms with Crippen LogP contribution in [0.1, 0.15) is 6.92 Å². The Hall–Kier alpha value is -0.880. The molecule has 82 valence electrons. The van der Waals surface area contributed by atoms with Crippen molar-refractivity contribution < 1.29 is 23.1 Å². The SMILES string of the molecule is C=C(C)C(=O)OCCS(=O)(=O)CCO. The molecule has 0 aliphatic heterocycles. The van der Waals surface area contributed by atoms with Gasteiger partial charge in [0.25, 0.3) is 0 Å². The molecule has 5 nitrogen and oxygen atoms in total. The number of carbonyl (C=O) groups is 1. The zero-order valence-electron chi connectivity index (χ0n) is 8.02. The van der Waals surface area contributed by atoms with Crippen LogP contribution in [-0.4, -0.2) is 44.2 Å². The van der Waals surface area contributed by atoms with E-state index in [-0.39, 0.29) is 23.7 Å². The Bertz CT molecular complexity index is 304. The predicted molar refractivity (Wildman–Crippen MR) is 51.5 cm³/mol. The lowest BCUT2D eigenvalue weighted by molar-refractivity contribution is -0.138. The molecule has 0 heterocycles. The van der Waals surface area contributed by atoms with Gasteiger partial charge in [0.15, 0.2) is 9.84 Å². The molecule has 0 aliphatic carbocycles.